The summed E-state index contributed by atoms with van der Waals surface area (Å²) in [4.78, 5) is 22.5. The van der Waals surface area contributed by atoms with E-state index in [4.69, 9.17) is 5.73 Å². The van der Waals surface area contributed by atoms with Gasteiger partial charge >= 0.3 is 11.9 Å². The van der Waals surface area contributed by atoms with Crippen LogP contribution < -0.4 is 5.73 Å². The summed E-state index contributed by atoms with van der Waals surface area (Å²) in [6.07, 6.45) is 0.554. The third-order valence-corrected chi connectivity index (χ3v) is 2.68. The molecule has 1 aliphatic carbocycles. The Bertz CT molecular complexity index is 242. The number of rotatable bonds is 2. The first-order valence-electron chi connectivity index (χ1n) is 4.34. The molecule has 0 radical (unpaired) electrons. The molecule has 1 fully saturated rings. The van der Waals surface area contributed by atoms with Gasteiger partial charge in [0.1, 0.15) is 5.54 Å². The first-order valence-corrected chi connectivity index (χ1v) is 4.34. The maximum atomic E-state index is 11.3. The molecule has 0 heterocycles. The van der Waals surface area contributed by atoms with Crippen molar-refractivity contribution in [2.24, 2.45) is 11.1 Å². The van der Waals surface area contributed by atoms with Gasteiger partial charge in [-0.1, -0.05) is 0 Å². The molecule has 0 aromatic heterocycles. The van der Waals surface area contributed by atoms with Gasteiger partial charge in [0.25, 0.3) is 0 Å². The average molecular weight is 201 g/mol. The van der Waals surface area contributed by atoms with Gasteiger partial charge in [-0.05, 0) is 19.8 Å². The van der Waals surface area contributed by atoms with E-state index >= 15 is 0 Å². The van der Waals surface area contributed by atoms with Gasteiger partial charge in [-0.2, -0.15) is 0 Å². The Hall–Kier alpha value is -1.10. The molecule has 5 nitrogen and oxygen atoms in total. The van der Waals surface area contributed by atoms with Crippen molar-refractivity contribution < 1.29 is 19.1 Å². The number of nitrogens with two attached hydrogens (primary N) is 1. The highest BCUT2D eigenvalue weighted by molar-refractivity contribution is 5.88. The molecule has 0 spiro atoms. The molecule has 14 heavy (non-hydrogen) atoms. The van der Waals surface area contributed by atoms with Gasteiger partial charge in [0.15, 0.2) is 0 Å². The summed E-state index contributed by atoms with van der Waals surface area (Å²) in [5.74, 6) is -0.804. The average Bonchev–Trinajstić information content (AvgIpc) is 2.12. The minimum atomic E-state index is -1.02. The lowest BCUT2D eigenvalue weighted by molar-refractivity contribution is -0.170. The van der Waals surface area contributed by atoms with E-state index < -0.39 is 16.9 Å². The van der Waals surface area contributed by atoms with Crippen molar-refractivity contribution in [3.63, 3.8) is 0 Å². The van der Waals surface area contributed by atoms with Gasteiger partial charge in [-0.15, -0.1) is 0 Å². The van der Waals surface area contributed by atoms with Crippen LogP contribution >= 0.6 is 0 Å². The van der Waals surface area contributed by atoms with Gasteiger partial charge in [-0.25, -0.2) is 0 Å². The van der Waals surface area contributed by atoms with Crippen LogP contribution in [0.15, 0.2) is 0 Å². The zero-order valence-electron chi connectivity index (χ0n) is 8.62. The fraction of sp³-hybridized carbons (Fsp3) is 0.778. The SMILES string of the molecule is COC(=O)C1(C)CC(N)(C(=O)OC)C1. The normalized spacial score (nSPS) is 35.7. The third-order valence-electron chi connectivity index (χ3n) is 2.68. The highest BCUT2D eigenvalue weighted by atomic mass is 16.5. The van der Waals surface area contributed by atoms with Gasteiger partial charge in [0, 0.05) is 0 Å². The second kappa shape index (κ2) is 3.24. The second-order valence-electron chi connectivity index (χ2n) is 4.05. The molecule has 0 bridgehead atoms. The maximum Gasteiger partial charge on any atom is 0.325 e. The number of ether oxygens (including phenoxy) is 2. The van der Waals surface area contributed by atoms with Crippen LogP contribution in [-0.2, 0) is 19.1 Å². The molecule has 5 heteroatoms. The largest absolute Gasteiger partial charge is 0.469 e. The minimum absolute atomic E-state index is 0.277. The fourth-order valence-electron chi connectivity index (χ4n) is 2.08. The number of methoxy groups -OCH3 is 2. The maximum absolute atomic E-state index is 11.3. The van der Waals surface area contributed by atoms with Crippen molar-refractivity contribution in [1.82, 2.24) is 0 Å². The van der Waals surface area contributed by atoms with Gasteiger partial charge in [0.05, 0.1) is 19.6 Å². The van der Waals surface area contributed by atoms with Crippen molar-refractivity contribution in [2.45, 2.75) is 25.3 Å². The van der Waals surface area contributed by atoms with Crippen molar-refractivity contribution in [3.8, 4) is 0 Å². The Morgan fingerprint density at radius 1 is 1.14 bits per heavy atom. The first kappa shape index (κ1) is 11.0. The molecule has 80 valence electrons. The zero-order valence-corrected chi connectivity index (χ0v) is 8.62. The summed E-state index contributed by atoms with van der Waals surface area (Å²) in [6, 6.07) is 0. The molecule has 1 saturated carbocycles. The van der Waals surface area contributed by atoms with E-state index in [1.165, 1.54) is 14.2 Å². The molecular formula is C9H15NO4. The van der Waals surface area contributed by atoms with Crippen LogP contribution in [0.25, 0.3) is 0 Å². The van der Waals surface area contributed by atoms with Crippen molar-refractivity contribution in [3.05, 3.63) is 0 Å². The number of esters is 2. The lowest BCUT2D eigenvalue weighted by Gasteiger charge is -2.48. The Morgan fingerprint density at radius 2 is 1.57 bits per heavy atom. The summed E-state index contributed by atoms with van der Waals surface area (Å²) >= 11 is 0. The molecule has 0 atom stereocenters. The topological polar surface area (TPSA) is 78.6 Å². The van der Waals surface area contributed by atoms with E-state index in [1.807, 2.05) is 0 Å². The van der Waals surface area contributed by atoms with E-state index in [1.54, 1.807) is 6.92 Å². The number of carbonyl (C=O) groups is 2. The van der Waals surface area contributed by atoms with E-state index in [9.17, 15) is 9.59 Å². The van der Waals surface area contributed by atoms with Crippen molar-refractivity contribution in [2.75, 3.05) is 14.2 Å². The summed E-state index contributed by atoms with van der Waals surface area (Å²) < 4.78 is 9.17. The summed E-state index contributed by atoms with van der Waals surface area (Å²) in [6.45, 7) is 1.73. The van der Waals surface area contributed by atoms with Crippen LogP contribution in [0.4, 0.5) is 0 Å². The zero-order chi connectivity index (χ0) is 11.0. The molecular weight excluding hydrogens is 186 g/mol. The second-order valence-corrected chi connectivity index (χ2v) is 4.05. The lowest BCUT2D eigenvalue weighted by Crippen LogP contribution is -2.64. The molecule has 0 aliphatic heterocycles. The highest BCUT2D eigenvalue weighted by Crippen LogP contribution is 2.48. The van der Waals surface area contributed by atoms with Crippen LogP contribution in [0.1, 0.15) is 19.8 Å². The summed E-state index contributed by atoms with van der Waals surface area (Å²) in [5, 5.41) is 0. The molecule has 0 saturated heterocycles. The van der Waals surface area contributed by atoms with Crippen LogP contribution in [-0.4, -0.2) is 31.7 Å². The van der Waals surface area contributed by atoms with Crippen molar-refractivity contribution in [1.29, 1.82) is 0 Å². The molecule has 0 aromatic carbocycles. The minimum Gasteiger partial charge on any atom is -0.469 e. The standard InChI is InChI=1S/C9H15NO4/c1-8(6(11)13-2)4-9(10,5-8)7(12)14-3/h4-5,10H2,1-3H3. The van der Waals surface area contributed by atoms with Crippen molar-refractivity contribution >= 4 is 11.9 Å². The van der Waals surface area contributed by atoms with E-state index in [0.717, 1.165) is 0 Å². The summed E-state index contributed by atoms with van der Waals surface area (Å²) in [7, 11) is 2.60. The van der Waals surface area contributed by atoms with Crippen LogP contribution in [0.5, 0.6) is 0 Å². The molecule has 0 unspecified atom stereocenters. The Balaban J connectivity index is 2.65. The molecule has 1 aliphatic rings. The number of carbonyl (C=O) groups excluding carboxylic acids is 2. The van der Waals surface area contributed by atoms with Gasteiger partial charge in [0.2, 0.25) is 0 Å². The summed E-state index contributed by atoms with van der Waals surface area (Å²) in [5.41, 5.74) is 4.09. The van der Waals surface area contributed by atoms with Crippen LogP contribution in [0.3, 0.4) is 0 Å². The Labute approximate surface area is 82.5 Å². The predicted molar refractivity (Wildman–Crippen MR) is 48.3 cm³/mol. The van der Waals surface area contributed by atoms with E-state index in [-0.39, 0.29) is 18.8 Å². The smallest absolute Gasteiger partial charge is 0.325 e. The van der Waals surface area contributed by atoms with E-state index in [0.29, 0.717) is 0 Å². The number of hydrogen-bond acceptors (Lipinski definition) is 5. The van der Waals surface area contributed by atoms with Crippen LogP contribution in [0, 0.1) is 5.41 Å². The molecule has 0 amide bonds. The molecule has 0 aromatic rings. The Kier molecular flexibility index (Phi) is 2.54. The molecule has 1 rings (SSSR count). The highest BCUT2D eigenvalue weighted by Gasteiger charge is 2.59. The van der Waals surface area contributed by atoms with Gasteiger partial charge in [-0.3, -0.25) is 9.59 Å². The monoisotopic (exact) mass is 201 g/mol. The van der Waals surface area contributed by atoms with Gasteiger partial charge < -0.3 is 15.2 Å². The first-order chi connectivity index (χ1) is 6.38. The fourth-order valence-corrected chi connectivity index (χ4v) is 2.08. The van der Waals surface area contributed by atoms with Crippen LogP contribution in [0.2, 0.25) is 0 Å². The molecule has 2 N–H and O–H groups in total. The predicted octanol–water partition coefficient (Wildman–Crippen LogP) is -0.170. The quantitative estimate of drug-likeness (QED) is 0.627. The Morgan fingerprint density at radius 3 is 1.93 bits per heavy atom. The number of hydrogen-bond donors (Lipinski definition) is 1. The van der Waals surface area contributed by atoms with E-state index in [2.05, 4.69) is 9.47 Å². The lowest BCUT2D eigenvalue weighted by atomic mass is 9.58. The third kappa shape index (κ3) is 1.48.